The van der Waals surface area contributed by atoms with Crippen LogP contribution in [0.3, 0.4) is 0 Å². The van der Waals surface area contributed by atoms with Crippen LogP contribution in [0, 0.1) is 5.41 Å². The molecule has 0 aromatic heterocycles. The van der Waals surface area contributed by atoms with Gasteiger partial charge in [0.05, 0.1) is 6.61 Å². The fourth-order valence-corrected chi connectivity index (χ4v) is 2.25. The maximum absolute atomic E-state index is 5.01. The monoisotopic (exact) mass is 185 g/mol. The van der Waals surface area contributed by atoms with Crippen molar-refractivity contribution in [2.24, 2.45) is 5.41 Å². The molecule has 1 saturated carbocycles. The summed E-state index contributed by atoms with van der Waals surface area (Å²) in [6, 6.07) is 0. The summed E-state index contributed by atoms with van der Waals surface area (Å²) in [4.78, 5) is 0. The first kappa shape index (κ1) is 11.0. The molecule has 78 valence electrons. The van der Waals surface area contributed by atoms with Gasteiger partial charge in [-0.15, -0.1) is 0 Å². The fraction of sp³-hybridized carbons (Fsp3) is 1.00. The normalized spacial score (nSPS) is 19.8. The van der Waals surface area contributed by atoms with Crippen molar-refractivity contribution in [1.82, 2.24) is 5.32 Å². The SMILES string of the molecule is CCCC1(CNCCOC)CCC1. The van der Waals surface area contributed by atoms with Gasteiger partial charge in [-0.25, -0.2) is 0 Å². The molecule has 0 aliphatic heterocycles. The van der Waals surface area contributed by atoms with Crippen LogP contribution in [0.5, 0.6) is 0 Å². The minimum Gasteiger partial charge on any atom is -0.383 e. The predicted molar refractivity (Wildman–Crippen MR) is 55.9 cm³/mol. The van der Waals surface area contributed by atoms with Crippen molar-refractivity contribution in [2.45, 2.75) is 39.0 Å². The van der Waals surface area contributed by atoms with E-state index in [0.717, 1.165) is 13.2 Å². The molecule has 1 aliphatic rings. The molecule has 0 aromatic carbocycles. The highest BCUT2D eigenvalue weighted by Gasteiger charge is 2.35. The first-order valence-corrected chi connectivity index (χ1v) is 5.53. The van der Waals surface area contributed by atoms with Gasteiger partial charge in [-0.3, -0.25) is 0 Å². The van der Waals surface area contributed by atoms with E-state index in [2.05, 4.69) is 12.2 Å². The zero-order chi connectivity index (χ0) is 9.57. The summed E-state index contributed by atoms with van der Waals surface area (Å²) >= 11 is 0. The number of methoxy groups -OCH3 is 1. The minimum absolute atomic E-state index is 0.655. The Morgan fingerprint density at radius 3 is 2.62 bits per heavy atom. The zero-order valence-corrected chi connectivity index (χ0v) is 9.07. The summed E-state index contributed by atoms with van der Waals surface area (Å²) in [7, 11) is 1.76. The quantitative estimate of drug-likeness (QED) is 0.614. The van der Waals surface area contributed by atoms with Crippen molar-refractivity contribution in [2.75, 3.05) is 26.8 Å². The maximum Gasteiger partial charge on any atom is 0.0587 e. The van der Waals surface area contributed by atoms with Crippen LogP contribution in [0.1, 0.15) is 39.0 Å². The van der Waals surface area contributed by atoms with Gasteiger partial charge >= 0.3 is 0 Å². The van der Waals surface area contributed by atoms with Crippen molar-refractivity contribution in [3.05, 3.63) is 0 Å². The van der Waals surface area contributed by atoms with E-state index in [-0.39, 0.29) is 0 Å². The lowest BCUT2D eigenvalue weighted by Gasteiger charge is -2.42. The summed E-state index contributed by atoms with van der Waals surface area (Å²) < 4.78 is 5.01. The average molecular weight is 185 g/mol. The van der Waals surface area contributed by atoms with Gasteiger partial charge in [0.1, 0.15) is 0 Å². The summed E-state index contributed by atoms with van der Waals surface area (Å²) in [5.41, 5.74) is 0.655. The molecule has 0 radical (unpaired) electrons. The van der Waals surface area contributed by atoms with Crippen molar-refractivity contribution in [1.29, 1.82) is 0 Å². The lowest BCUT2D eigenvalue weighted by molar-refractivity contribution is 0.110. The molecule has 0 heterocycles. The van der Waals surface area contributed by atoms with Crippen LogP contribution in [0.25, 0.3) is 0 Å². The summed E-state index contributed by atoms with van der Waals surface area (Å²) in [5, 5.41) is 3.49. The van der Waals surface area contributed by atoms with Crippen molar-refractivity contribution in [3.8, 4) is 0 Å². The molecule has 2 heteroatoms. The van der Waals surface area contributed by atoms with Crippen LogP contribution in [-0.2, 0) is 4.74 Å². The fourth-order valence-electron chi connectivity index (χ4n) is 2.25. The lowest BCUT2D eigenvalue weighted by atomic mass is 9.66. The Balaban J connectivity index is 2.09. The standard InChI is InChI=1S/C11H23NO/c1-3-5-11(6-4-7-11)10-12-8-9-13-2/h12H,3-10H2,1-2H3. The Morgan fingerprint density at radius 1 is 1.38 bits per heavy atom. The third kappa shape index (κ3) is 3.28. The summed E-state index contributed by atoms with van der Waals surface area (Å²) in [6.07, 6.45) is 7.02. The Bertz CT molecular complexity index is 132. The van der Waals surface area contributed by atoms with Gasteiger partial charge in [0, 0.05) is 20.2 Å². The Hall–Kier alpha value is -0.0800. The zero-order valence-electron chi connectivity index (χ0n) is 9.07. The molecule has 0 aromatic rings. The second-order valence-electron chi connectivity index (χ2n) is 4.27. The van der Waals surface area contributed by atoms with E-state index in [1.807, 2.05) is 0 Å². The number of hydrogen-bond acceptors (Lipinski definition) is 2. The summed E-state index contributed by atoms with van der Waals surface area (Å²) in [6.45, 7) is 5.32. The third-order valence-corrected chi connectivity index (χ3v) is 3.18. The molecule has 0 bridgehead atoms. The first-order chi connectivity index (χ1) is 6.33. The highest BCUT2D eigenvalue weighted by atomic mass is 16.5. The molecular formula is C11H23NO. The summed E-state index contributed by atoms with van der Waals surface area (Å²) in [5.74, 6) is 0. The highest BCUT2D eigenvalue weighted by Crippen LogP contribution is 2.44. The smallest absolute Gasteiger partial charge is 0.0587 e. The van der Waals surface area contributed by atoms with Crippen LogP contribution in [0.15, 0.2) is 0 Å². The molecule has 13 heavy (non-hydrogen) atoms. The third-order valence-electron chi connectivity index (χ3n) is 3.18. The second-order valence-corrected chi connectivity index (χ2v) is 4.27. The van der Waals surface area contributed by atoms with Crippen molar-refractivity contribution in [3.63, 3.8) is 0 Å². The molecule has 0 amide bonds. The molecule has 0 atom stereocenters. The van der Waals surface area contributed by atoms with Gasteiger partial charge in [-0.05, 0) is 24.7 Å². The van der Waals surface area contributed by atoms with E-state index in [4.69, 9.17) is 4.74 Å². The molecule has 0 spiro atoms. The molecule has 1 fully saturated rings. The van der Waals surface area contributed by atoms with Crippen molar-refractivity contribution >= 4 is 0 Å². The van der Waals surface area contributed by atoms with Gasteiger partial charge in [0.15, 0.2) is 0 Å². The van der Waals surface area contributed by atoms with Gasteiger partial charge in [-0.1, -0.05) is 19.8 Å². The molecular weight excluding hydrogens is 162 g/mol. The van der Waals surface area contributed by atoms with Crippen LogP contribution in [-0.4, -0.2) is 26.8 Å². The molecule has 0 saturated heterocycles. The van der Waals surface area contributed by atoms with Gasteiger partial charge < -0.3 is 10.1 Å². The van der Waals surface area contributed by atoms with E-state index in [0.29, 0.717) is 5.41 Å². The average Bonchev–Trinajstić information content (AvgIpc) is 2.08. The van der Waals surface area contributed by atoms with E-state index in [1.54, 1.807) is 7.11 Å². The van der Waals surface area contributed by atoms with E-state index >= 15 is 0 Å². The van der Waals surface area contributed by atoms with E-state index in [9.17, 15) is 0 Å². The number of hydrogen-bond donors (Lipinski definition) is 1. The Labute approximate surface area is 82.0 Å². The van der Waals surface area contributed by atoms with Gasteiger partial charge in [0.25, 0.3) is 0 Å². The number of ether oxygens (including phenoxy) is 1. The predicted octanol–water partition coefficient (Wildman–Crippen LogP) is 2.19. The van der Waals surface area contributed by atoms with Crippen LogP contribution >= 0.6 is 0 Å². The van der Waals surface area contributed by atoms with E-state index < -0.39 is 0 Å². The Morgan fingerprint density at radius 2 is 2.15 bits per heavy atom. The van der Waals surface area contributed by atoms with E-state index in [1.165, 1.54) is 38.6 Å². The number of nitrogens with one attached hydrogen (secondary N) is 1. The lowest BCUT2D eigenvalue weighted by Crippen LogP contribution is -2.40. The molecule has 1 aliphatic carbocycles. The van der Waals surface area contributed by atoms with Gasteiger partial charge in [-0.2, -0.15) is 0 Å². The topological polar surface area (TPSA) is 21.3 Å². The van der Waals surface area contributed by atoms with Crippen LogP contribution in [0.4, 0.5) is 0 Å². The number of rotatable bonds is 7. The molecule has 2 nitrogen and oxygen atoms in total. The van der Waals surface area contributed by atoms with Crippen molar-refractivity contribution < 1.29 is 4.74 Å². The maximum atomic E-state index is 5.01. The molecule has 1 rings (SSSR count). The minimum atomic E-state index is 0.655. The van der Waals surface area contributed by atoms with Crippen LogP contribution in [0.2, 0.25) is 0 Å². The van der Waals surface area contributed by atoms with Gasteiger partial charge in [0.2, 0.25) is 0 Å². The first-order valence-electron chi connectivity index (χ1n) is 5.53. The largest absolute Gasteiger partial charge is 0.383 e. The second kappa shape index (κ2) is 5.61. The Kier molecular flexibility index (Phi) is 4.74. The highest BCUT2D eigenvalue weighted by molar-refractivity contribution is 4.88. The van der Waals surface area contributed by atoms with Crippen LogP contribution < -0.4 is 5.32 Å². The molecule has 0 unspecified atom stereocenters. The molecule has 1 N–H and O–H groups in total.